The lowest BCUT2D eigenvalue weighted by Crippen LogP contribution is -2.17. The molecule has 0 bridgehead atoms. The Labute approximate surface area is 92.4 Å². The number of aryl methyl sites for hydroxylation is 1. The van der Waals surface area contributed by atoms with Crippen molar-refractivity contribution in [3.05, 3.63) is 46.1 Å². The van der Waals surface area contributed by atoms with Crippen molar-refractivity contribution in [1.82, 2.24) is 15.0 Å². The number of nitrogens with one attached hydrogen (secondary N) is 1. The number of hydrogen-bond acceptors (Lipinski definition) is 4. The van der Waals surface area contributed by atoms with Gasteiger partial charge in [-0.15, -0.1) is 0 Å². The summed E-state index contributed by atoms with van der Waals surface area (Å²) in [7, 11) is 0. The first-order valence-corrected chi connectivity index (χ1v) is 4.91. The molecule has 0 aromatic carbocycles. The predicted octanol–water partition coefficient (Wildman–Crippen LogP) is 0.599. The molecule has 0 fully saturated rings. The van der Waals surface area contributed by atoms with Crippen molar-refractivity contribution in [3.8, 4) is 11.4 Å². The first-order chi connectivity index (χ1) is 7.72. The van der Waals surface area contributed by atoms with E-state index in [2.05, 4.69) is 15.0 Å². The molecule has 2 rings (SSSR count). The Morgan fingerprint density at radius 1 is 1.44 bits per heavy atom. The molecule has 2 aromatic rings. The number of pyridine rings is 1. The van der Waals surface area contributed by atoms with Crippen LogP contribution < -0.4 is 11.3 Å². The third-order valence-electron chi connectivity index (χ3n) is 2.37. The first kappa shape index (κ1) is 10.5. The summed E-state index contributed by atoms with van der Waals surface area (Å²) in [5.74, 6) is 0.544. The number of nitrogens with two attached hydrogens (primary N) is 1. The molecule has 0 atom stereocenters. The van der Waals surface area contributed by atoms with Crippen LogP contribution in [0.1, 0.15) is 11.1 Å². The lowest BCUT2D eigenvalue weighted by Gasteiger charge is -2.04. The van der Waals surface area contributed by atoms with E-state index in [1.54, 1.807) is 12.4 Å². The Morgan fingerprint density at radius 3 is 2.88 bits per heavy atom. The van der Waals surface area contributed by atoms with E-state index in [0.717, 1.165) is 11.1 Å². The summed E-state index contributed by atoms with van der Waals surface area (Å²) in [6.07, 6.45) is 4.90. The zero-order chi connectivity index (χ0) is 11.5. The van der Waals surface area contributed by atoms with Crippen LogP contribution in [-0.2, 0) is 6.54 Å². The summed E-state index contributed by atoms with van der Waals surface area (Å²) in [5.41, 5.74) is 7.53. The van der Waals surface area contributed by atoms with Gasteiger partial charge in [0.1, 0.15) is 5.82 Å². The normalized spacial score (nSPS) is 10.4. The highest BCUT2D eigenvalue weighted by Gasteiger charge is 2.05. The third-order valence-corrected chi connectivity index (χ3v) is 2.37. The number of aromatic nitrogens is 3. The highest BCUT2D eigenvalue weighted by Crippen LogP contribution is 2.16. The monoisotopic (exact) mass is 216 g/mol. The van der Waals surface area contributed by atoms with E-state index >= 15 is 0 Å². The fraction of sp³-hybridized carbons (Fsp3) is 0.182. The third kappa shape index (κ3) is 1.85. The fourth-order valence-electron chi connectivity index (χ4n) is 1.44. The van der Waals surface area contributed by atoms with Gasteiger partial charge in [0.15, 0.2) is 0 Å². The van der Waals surface area contributed by atoms with Gasteiger partial charge >= 0.3 is 0 Å². The van der Waals surface area contributed by atoms with Crippen LogP contribution in [-0.4, -0.2) is 15.0 Å². The Hall–Kier alpha value is -2.01. The molecule has 2 aromatic heterocycles. The zero-order valence-corrected chi connectivity index (χ0v) is 8.90. The van der Waals surface area contributed by atoms with E-state index in [0.29, 0.717) is 11.4 Å². The topological polar surface area (TPSA) is 84.7 Å². The largest absolute Gasteiger partial charge is 0.326 e. The Balaban J connectivity index is 2.54. The van der Waals surface area contributed by atoms with E-state index < -0.39 is 0 Å². The van der Waals surface area contributed by atoms with Gasteiger partial charge < -0.3 is 10.7 Å². The fourth-order valence-corrected chi connectivity index (χ4v) is 1.44. The highest BCUT2D eigenvalue weighted by atomic mass is 16.1. The van der Waals surface area contributed by atoms with Crippen molar-refractivity contribution in [1.29, 1.82) is 0 Å². The maximum Gasteiger partial charge on any atom is 0.255 e. The molecule has 0 amide bonds. The molecule has 0 aliphatic carbocycles. The van der Waals surface area contributed by atoms with Gasteiger partial charge in [0, 0.05) is 36.3 Å². The zero-order valence-electron chi connectivity index (χ0n) is 8.90. The van der Waals surface area contributed by atoms with Gasteiger partial charge in [-0.25, -0.2) is 4.98 Å². The van der Waals surface area contributed by atoms with Crippen LogP contribution in [0.15, 0.2) is 29.5 Å². The quantitative estimate of drug-likeness (QED) is 0.769. The summed E-state index contributed by atoms with van der Waals surface area (Å²) >= 11 is 0. The molecular weight excluding hydrogens is 204 g/mol. The van der Waals surface area contributed by atoms with Gasteiger partial charge in [0.2, 0.25) is 0 Å². The van der Waals surface area contributed by atoms with Crippen molar-refractivity contribution < 1.29 is 0 Å². The number of nitrogens with zero attached hydrogens (tertiary/aromatic N) is 2. The molecule has 0 aliphatic heterocycles. The van der Waals surface area contributed by atoms with Crippen LogP contribution in [0.2, 0.25) is 0 Å². The lowest BCUT2D eigenvalue weighted by molar-refractivity contribution is 0.977. The minimum Gasteiger partial charge on any atom is -0.326 e. The minimum absolute atomic E-state index is 0.191. The maximum absolute atomic E-state index is 11.6. The van der Waals surface area contributed by atoms with E-state index in [4.69, 9.17) is 5.73 Å². The average molecular weight is 216 g/mol. The smallest absolute Gasteiger partial charge is 0.255 e. The van der Waals surface area contributed by atoms with Gasteiger partial charge in [-0.1, -0.05) is 0 Å². The molecule has 0 aliphatic rings. The second-order valence-corrected chi connectivity index (χ2v) is 3.48. The molecule has 2 heterocycles. The molecule has 0 saturated heterocycles. The molecule has 5 heteroatoms. The van der Waals surface area contributed by atoms with Gasteiger partial charge in [-0.3, -0.25) is 9.78 Å². The molecule has 16 heavy (non-hydrogen) atoms. The molecular formula is C11H12N4O. The summed E-state index contributed by atoms with van der Waals surface area (Å²) in [6.45, 7) is 2.11. The van der Waals surface area contributed by atoms with Gasteiger partial charge in [-0.2, -0.15) is 0 Å². The summed E-state index contributed by atoms with van der Waals surface area (Å²) in [4.78, 5) is 22.4. The van der Waals surface area contributed by atoms with Crippen LogP contribution in [0, 0.1) is 6.92 Å². The molecule has 5 nitrogen and oxygen atoms in total. The van der Waals surface area contributed by atoms with E-state index in [1.807, 2.05) is 13.0 Å². The highest BCUT2D eigenvalue weighted by molar-refractivity contribution is 5.58. The predicted molar refractivity (Wildman–Crippen MR) is 60.7 cm³/mol. The average Bonchev–Trinajstić information content (AvgIpc) is 2.29. The van der Waals surface area contributed by atoms with Crippen molar-refractivity contribution in [2.75, 3.05) is 0 Å². The van der Waals surface area contributed by atoms with Gasteiger partial charge in [0.25, 0.3) is 5.56 Å². The molecule has 0 radical (unpaired) electrons. The van der Waals surface area contributed by atoms with Crippen LogP contribution in [0.5, 0.6) is 0 Å². The second kappa shape index (κ2) is 4.24. The lowest BCUT2D eigenvalue weighted by atomic mass is 10.1. The molecule has 3 N–H and O–H groups in total. The summed E-state index contributed by atoms with van der Waals surface area (Å²) in [6, 6.07) is 1.82. The van der Waals surface area contributed by atoms with Crippen molar-refractivity contribution >= 4 is 0 Å². The maximum atomic E-state index is 11.6. The Kier molecular flexibility index (Phi) is 2.78. The number of H-pyrrole nitrogens is 1. The van der Waals surface area contributed by atoms with Crippen molar-refractivity contribution in [2.45, 2.75) is 13.5 Å². The molecule has 0 unspecified atom stereocenters. The van der Waals surface area contributed by atoms with E-state index in [9.17, 15) is 4.79 Å². The van der Waals surface area contributed by atoms with Crippen molar-refractivity contribution in [2.24, 2.45) is 5.73 Å². The summed E-state index contributed by atoms with van der Waals surface area (Å²) < 4.78 is 0. The SMILES string of the molecule is Cc1cnccc1-c1ncc(CN)c(=O)[nH]1. The van der Waals surface area contributed by atoms with Gasteiger partial charge in [0.05, 0.1) is 0 Å². The van der Waals surface area contributed by atoms with Crippen LogP contribution >= 0.6 is 0 Å². The number of hydrogen-bond donors (Lipinski definition) is 2. The summed E-state index contributed by atoms with van der Waals surface area (Å²) in [5, 5.41) is 0. The van der Waals surface area contributed by atoms with Crippen LogP contribution in [0.4, 0.5) is 0 Å². The Bertz CT molecular complexity index is 562. The number of rotatable bonds is 2. The second-order valence-electron chi connectivity index (χ2n) is 3.48. The van der Waals surface area contributed by atoms with Gasteiger partial charge in [-0.05, 0) is 18.6 Å². The molecule has 82 valence electrons. The first-order valence-electron chi connectivity index (χ1n) is 4.91. The molecule has 0 saturated carbocycles. The number of aromatic amines is 1. The Morgan fingerprint density at radius 2 is 2.25 bits per heavy atom. The van der Waals surface area contributed by atoms with E-state index in [-0.39, 0.29) is 12.1 Å². The van der Waals surface area contributed by atoms with Crippen molar-refractivity contribution in [3.63, 3.8) is 0 Å². The van der Waals surface area contributed by atoms with Crippen LogP contribution in [0.3, 0.4) is 0 Å². The molecule has 0 spiro atoms. The van der Waals surface area contributed by atoms with Crippen LogP contribution in [0.25, 0.3) is 11.4 Å². The van der Waals surface area contributed by atoms with E-state index in [1.165, 1.54) is 6.20 Å². The standard InChI is InChI=1S/C11H12N4O/c1-7-5-13-3-2-9(7)10-14-6-8(4-12)11(16)15-10/h2-3,5-6H,4,12H2,1H3,(H,14,15,16). The minimum atomic E-state index is -0.191.